The number of hydrogen-bond acceptors (Lipinski definition) is 3. The van der Waals surface area contributed by atoms with Crippen LogP contribution in [0, 0.1) is 0 Å². The summed E-state index contributed by atoms with van der Waals surface area (Å²) in [5, 5.41) is 6.16. The summed E-state index contributed by atoms with van der Waals surface area (Å²) in [4.78, 5) is 30.4. The predicted octanol–water partition coefficient (Wildman–Crippen LogP) is 4.31. The highest BCUT2D eigenvalue weighted by Crippen LogP contribution is 2.38. The smallest absolute Gasteiger partial charge is 0.317 e. The number of urea groups is 1. The lowest BCUT2D eigenvalue weighted by Gasteiger charge is -2.46. The third-order valence-corrected chi connectivity index (χ3v) is 7.29. The zero-order valence-electron chi connectivity index (χ0n) is 20.2. The maximum atomic E-state index is 13.0. The monoisotopic (exact) mass is 462 g/mol. The molecule has 1 saturated carbocycles. The van der Waals surface area contributed by atoms with Crippen LogP contribution in [0.15, 0.2) is 60.7 Å². The van der Waals surface area contributed by atoms with E-state index in [2.05, 4.69) is 39.8 Å². The molecule has 1 spiro atoms. The van der Waals surface area contributed by atoms with Crippen LogP contribution in [0.5, 0.6) is 0 Å². The van der Waals surface area contributed by atoms with E-state index in [1.807, 2.05) is 41.3 Å². The first-order chi connectivity index (χ1) is 16.6. The summed E-state index contributed by atoms with van der Waals surface area (Å²) in [6.45, 7) is 3.92. The van der Waals surface area contributed by atoms with Crippen molar-refractivity contribution in [3.63, 3.8) is 0 Å². The minimum Gasteiger partial charge on any atom is -0.354 e. The molecule has 0 bridgehead atoms. The van der Waals surface area contributed by atoms with Crippen LogP contribution in [0.2, 0.25) is 0 Å². The van der Waals surface area contributed by atoms with Gasteiger partial charge in [-0.05, 0) is 30.4 Å². The summed E-state index contributed by atoms with van der Waals surface area (Å²) in [5.41, 5.74) is 2.26. The second-order valence-electron chi connectivity index (χ2n) is 9.70. The molecule has 2 fully saturated rings. The van der Waals surface area contributed by atoms with Crippen LogP contribution in [0.3, 0.4) is 0 Å². The van der Waals surface area contributed by atoms with Gasteiger partial charge < -0.3 is 15.5 Å². The molecule has 6 heteroatoms. The first kappa shape index (κ1) is 24.3. The molecular formula is C28H38N4O2. The van der Waals surface area contributed by atoms with E-state index in [0.29, 0.717) is 32.6 Å². The molecule has 182 valence electrons. The number of hydrogen-bond donors (Lipinski definition) is 2. The molecule has 2 aromatic carbocycles. The normalized spacial score (nSPS) is 19.8. The highest BCUT2D eigenvalue weighted by Gasteiger charge is 2.39. The van der Waals surface area contributed by atoms with Gasteiger partial charge in [-0.25, -0.2) is 4.79 Å². The zero-order valence-corrected chi connectivity index (χ0v) is 20.2. The standard InChI is InChI=1S/C28H38N4O2/c33-26-21-28(15-8-3-9-16-28)32(23-25-13-6-2-7-14-25)19-10-18-31(20-17-29-26)27(34)30-22-24-11-4-1-5-12-24/h1-2,4-7,11-14H,3,8-10,15-23H2,(H,29,33)(H,30,34). The number of benzene rings is 2. The zero-order chi connectivity index (χ0) is 23.6. The number of nitrogens with zero attached hydrogens (tertiary/aromatic N) is 2. The second kappa shape index (κ2) is 12.0. The van der Waals surface area contributed by atoms with Gasteiger partial charge >= 0.3 is 6.03 Å². The quantitative estimate of drug-likeness (QED) is 0.712. The number of rotatable bonds is 4. The first-order valence-electron chi connectivity index (χ1n) is 12.8. The lowest BCUT2D eigenvalue weighted by Crippen LogP contribution is -2.52. The van der Waals surface area contributed by atoms with Crippen LogP contribution in [0.4, 0.5) is 4.79 Å². The highest BCUT2D eigenvalue weighted by molar-refractivity contribution is 5.77. The van der Waals surface area contributed by atoms with Crippen LogP contribution in [0.25, 0.3) is 0 Å². The van der Waals surface area contributed by atoms with E-state index < -0.39 is 0 Å². The van der Waals surface area contributed by atoms with Crippen molar-refractivity contribution in [3.05, 3.63) is 71.8 Å². The van der Waals surface area contributed by atoms with E-state index in [4.69, 9.17) is 0 Å². The van der Waals surface area contributed by atoms with Crippen molar-refractivity contribution < 1.29 is 9.59 Å². The average Bonchev–Trinajstić information content (AvgIpc) is 2.89. The van der Waals surface area contributed by atoms with Crippen LogP contribution in [0.1, 0.15) is 56.1 Å². The van der Waals surface area contributed by atoms with Gasteiger partial charge in [0.2, 0.25) is 5.91 Å². The van der Waals surface area contributed by atoms with Crippen molar-refractivity contribution >= 4 is 11.9 Å². The Bertz CT molecular complexity index is 913. The van der Waals surface area contributed by atoms with Crippen molar-refractivity contribution in [1.82, 2.24) is 20.4 Å². The minimum absolute atomic E-state index is 0.0701. The molecule has 34 heavy (non-hydrogen) atoms. The Morgan fingerprint density at radius 1 is 0.853 bits per heavy atom. The molecule has 2 N–H and O–H groups in total. The van der Waals surface area contributed by atoms with E-state index in [0.717, 1.165) is 37.9 Å². The molecule has 0 aromatic heterocycles. The van der Waals surface area contributed by atoms with E-state index in [1.54, 1.807) is 0 Å². The van der Waals surface area contributed by atoms with Gasteiger partial charge in [-0.3, -0.25) is 9.69 Å². The summed E-state index contributed by atoms with van der Waals surface area (Å²) in [6.07, 6.45) is 7.15. The van der Waals surface area contributed by atoms with E-state index >= 15 is 0 Å². The first-order valence-corrected chi connectivity index (χ1v) is 12.8. The fraction of sp³-hybridized carbons (Fsp3) is 0.500. The van der Waals surface area contributed by atoms with Crippen LogP contribution >= 0.6 is 0 Å². The van der Waals surface area contributed by atoms with Crippen molar-refractivity contribution in [2.45, 2.75) is 63.6 Å². The molecule has 1 saturated heterocycles. The topological polar surface area (TPSA) is 64.7 Å². The van der Waals surface area contributed by atoms with E-state index in [9.17, 15) is 9.59 Å². The van der Waals surface area contributed by atoms with E-state index in [1.165, 1.54) is 24.8 Å². The summed E-state index contributed by atoms with van der Waals surface area (Å²) < 4.78 is 0. The Morgan fingerprint density at radius 3 is 2.24 bits per heavy atom. The molecule has 0 unspecified atom stereocenters. The van der Waals surface area contributed by atoms with E-state index in [-0.39, 0.29) is 17.5 Å². The Hall–Kier alpha value is -2.86. The van der Waals surface area contributed by atoms with Crippen molar-refractivity contribution in [2.75, 3.05) is 26.2 Å². The summed E-state index contributed by atoms with van der Waals surface area (Å²) in [6, 6.07) is 20.4. The Balaban J connectivity index is 1.46. The largest absolute Gasteiger partial charge is 0.354 e. The second-order valence-corrected chi connectivity index (χ2v) is 9.70. The van der Waals surface area contributed by atoms with Gasteiger partial charge in [0, 0.05) is 51.2 Å². The molecule has 1 aliphatic carbocycles. The van der Waals surface area contributed by atoms with Crippen LogP contribution in [-0.2, 0) is 17.9 Å². The Kier molecular flexibility index (Phi) is 8.58. The van der Waals surface area contributed by atoms with Gasteiger partial charge in [-0.15, -0.1) is 0 Å². The Labute approximate surface area is 203 Å². The number of amides is 3. The molecular weight excluding hydrogens is 424 g/mol. The maximum Gasteiger partial charge on any atom is 0.317 e. The molecule has 2 aromatic rings. The fourth-order valence-corrected chi connectivity index (χ4v) is 5.45. The molecule has 6 nitrogen and oxygen atoms in total. The molecule has 4 rings (SSSR count). The summed E-state index contributed by atoms with van der Waals surface area (Å²) in [5.74, 6) is 0.103. The SMILES string of the molecule is O=C1CC2(CCCCC2)N(Cc2ccccc2)CCCN(C(=O)NCc2ccccc2)CCN1. The van der Waals surface area contributed by atoms with Crippen molar-refractivity contribution in [2.24, 2.45) is 0 Å². The molecule has 0 radical (unpaired) electrons. The van der Waals surface area contributed by atoms with Gasteiger partial charge in [0.1, 0.15) is 0 Å². The maximum absolute atomic E-state index is 13.0. The van der Waals surface area contributed by atoms with Gasteiger partial charge in [-0.2, -0.15) is 0 Å². The molecule has 2 aliphatic rings. The summed E-state index contributed by atoms with van der Waals surface area (Å²) >= 11 is 0. The third-order valence-electron chi connectivity index (χ3n) is 7.29. The van der Waals surface area contributed by atoms with Crippen molar-refractivity contribution in [1.29, 1.82) is 0 Å². The van der Waals surface area contributed by atoms with Crippen LogP contribution < -0.4 is 10.6 Å². The molecule has 0 atom stereocenters. The van der Waals surface area contributed by atoms with Gasteiger partial charge in [0.25, 0.3) is 0 Å². The van der Waals surface area contributed by atoms with Gasteiger partial charge in [0.05, 0.1) is 0 Å². The molecule has 1 aliphatic heterocycles. The number of carbonyl (C=O) groups is 2. The van der Waals surface area contributed by atoms with Crippen LogP contribution in [-0.4, -0.2) is 53.5 Å². The Morgan fingerprint density at radius 2 is 1.53 bits per heavy atom. The van der Waals surface area contributed by atoms with Gasteiger partial charge in [-0.1, -0.05) is 79.9 Å². The lowest BCUT2D eigenvalue weighted by molar-refractivity contribution is -0.125. The van der Waals surface area contributed by atoms with Crippen molar-refractivity contribution in [3.8, 4) is 0 Å². The number of carbonyl (C=O) groups excluding carboxylic acids is 2. The number of nitrogens with one attached hydrogen (secondary N) is 2. The third kappa shape index (κ3) is 6.60. The predicted molar refractivity (Wildman–Crippen MR) is 135 cm³/mol. The molecule has 1 heterocycles. The molecule has 3 amide bonds. The average molecular weight is 463 g/mol. The highest BCUT2D eigenvalue weighted by atomic mass is 16.2. The summed E-state index contributed by atoms with van der Waals surface area (Å²) in [7, 11) is 0. The van der Waals surface area contributed by atoms with Gasteiger partial charge in [0.15, 0.2) is 0 Å². The lowest BCUT2D eigenvalue weighted by atomic mass is 9.77. The minimum atomic E-state index is -0.0943. The fourth-order valence-electron chi connectivity index (χ4n) is 5.45.